The molecule has 1 aromatic rings. The number of rotatable bonds is 2. The summed E-state index contributed by atoms with van der Waals surface area (Å²) in [5.74, 6) is -0.373. The number of nitriles is 1. The van der Waals surface area contributed by atoms with Gasteiger partial charge in [-0.05, 0) is 12.1 Å². The largest absolute Gasteiger partial charge is 0.432 e. The van der Waals surface area contributed by atoms with Gasteiger partial charge >= 0.3 is 6.61 Å². The maximum atomic E-state index is 11.9. The molecule has 0 atom stereocenters. The molecule has 0 aliphatic heterocycles. The van der Waals surface area contributed by atoms with Gasteiger partial charge in [-0.3, -0.25) is 0 Å². The molecular weight excluding hydrogens is 235 g/mol. The van der Waals surface area contributed by atoms with E-state index < -0.39 is 6.61 Å². The van der Waals surface area contributed by atoms with Crippen LogP contribution >= 0.6 is 23.2 Å². The molecule has 0 aliphatic carbocycles. The van der Waals surface area contributed by atoms with Gasteiger partial charge in [0.1, 0.15) is 11.1 Å². The van der Waals surface area contributed by atoms with E-state index in [-0.39, 0.29) is 21.4 Å². The highest BCUT2D eigenvalue weighted by molar-refractivity contribution is 6.37. The lowest BCUT2D eigenvalue weighted by atomic mass is 10.2. The Morgan fingerprint density at radius 3 is 2.50 bits per heavy atom. The maximum Gasteiger partial charge on any atom is 0.387 e. The minimum absolute atomic E-state index is 0.0340. The van der Waals surface area contributed by atoms with Crippen LogP contribution in [0.2, 0.25) is 10.0 Å². The number of hydrogen-bond donors (Lipinski definition) is 0. The Kier molecular flexibility index (Phi) is 3.50. The van der Waals surface area contributed by atoms with Crippen LogP contribution < -0.4 is 4.74 Å². The molecule has 0 aromatic heterocycles. The molecule has 0 N–H and O–H groups in total. The molecule has 0 fully saturated rings. The van der Waals surface area contributed by atoms with Gasteiger partial charge < -0.3 is 4.74 Å². The summed E-state index contributed by atoms with van der Waals surface area (Å²) in [6.45, 7) is -3.03. The predicted octanol–water partition coefficient (Wildman–Crippen LogP) is 3.47. The molecule has 6 heteroatoms. The summed E-state index contributed by atoms with van der Waals surface area (Å²) in [6, 6.07) is 4.31. The lowest BCUT2D eigenvalue weighted by Crippen LogP contribution is -2.03. The zero-order chi connectivity index (χ0) is 10.7. The highest BCUT2D eigenvalue weighted by Gasteiger charge is 2.15. The zero-order valence-electron chi connectivity index (χ0n) is 6.60. The third kappa shape index (κ3) is 2.25. The van der Waals surface area contributed by atoms with Crippen molar-refractivity contribution in [1.29, 1.82) is 5.26 Å². The van der Waals surface area contributed by atoms with Crippen molar-refractivity contribution in [1.82, 2.24) is 0 Å². The van der Waals surface area contributed by atoms with Crippen molar-refractivity contribution >= 4 is 23.2 Å². The van der Waals surface area contributed by atoms with Crippen LogP contribution in [0.5, 0.6) is 5.75 Å². The summed E-state index contributed by atoms with van der Waals surface area (Å²) in [5.41, 5.74) is 0.0340. The van der Waals surface area contributed by atoms with Crippen molar-refractivity contribution < 1.29 is 13.5 Å². The van der Waals surface area contributed by atoms with E-state index in [0.717, 1.165) is 0 Å². The normalized spacial score (nSPS) is 10.0. The van der Waals surface area contributed by atoms with E-state index in [1.807, 2.05) is 0 Å². The number of benzene rings is 1. The minimum Gasteiger partial charge on any atom is -0.432 e. The van der Waals surface area contributed by atoms with Crippen molar-refractivity contribution in [2.24, 2.45) is 0 Å². The molecule has 0 amide bonds. The fourth-order valence-electron chi connectivity index (χ4n) is 0.816. The van der Waals surface area contributed by atoms with Gasteiger partial charge in [0.05, 0.1) is 10.6 Å². The van der Waals surface area contributed by atoms with Crippen LogP contribution in [0.1, 0.15) is 5.56 Å². The fourth-order valence-corrected chi connectivity index (χ4v) is 1.32. The van der Waals surface area contributed by atoms with Crippen LogP contribution in [-0.4, -0.2) is 6.61 Å². The smallest absolute Gasteiger partial charge is 0.387 e. The third-order valence-corrected chi connectivity index (χ3v) is 2.05. The van der Waals surface area contributed by atoms with Gasteiger partial charge in [-0.2, -0.15) is 14.0 Å². The standard InChI is InChI=1S/C8H3Cl2F2NO/c9-5-2-1-4(3-13)6(10)7(5)14-8(11)12/h1-2,8H. The molecule has 0 radical (unpaired) electrons. The molecule has 74 valence electrons. The Hall–Kier alpha value is -1.05. The zero-order valence-corrected chi connectivity index (χ0v) is 8.11. The number of hydrogen-bond acceptors (Lipinski definition) is 2. The first-order valence-electron chi connectivity index (χ1n) is 3.39. The number of alkyl halides is 2. The SMILES string of the molecule is N#Cc1ccc(Cl)c(OC(F)F)c1Cl. The molecule has 0 saturated heterocycles. The van der Waals surface area contributed by atoms with Crippen molar-refractivity contribution in [3.05, 3.63) is 27.7 Å². The Balaban J connectivity index is 3.20. The molecule has 14 heavy (non-hydrogen) atoms. The second-order valence-electron chi connectivity index (χ2n) is 2.23. The van der Waals surface area contributed by atoms with Crippen LogP contribution in [-0.2, 0) is 0 Å². The fraction of sp³-hybridized carbons (Fsp3) is 0.125. The van der Waals surface area contributed by atoms with Gasteiger partial charge in [-0.1, -0.05) is 23.2 Å². The first kappa shape index (κ1) is 11.0. The highest BCUT2D eigenvalue weighted by atomic mass is 35.5. The maximum absolute atomic E-state index is 11.9. The van der Waals surface area contributed by atoms with Crippen molar-refractivity contribution in [2.75, 3.05) is 0 Å². The van der Waals surface area contributed by atoms with Crippen LogP contribution in [0.15, 0.2) is 12.1 Å². The van der Waals surface area contributed by atoms with Crippen molar-refractivity contribution in [3.63, 3.8) is 0 Å². The van der Waals surface area contributed by atoms with Crippen molar-refractivity contribution in [3.8, 4) is 11.8 Å². The molecule has 0 heterocycles. The number of halogens is 4. The van der Waals surface area contributed by atoms with Gasteiger partial charge in [-0.15, -0.1) is 0 Å². The topological polar surface area (TPSA) is 33.0 Å². The molecule has 2 nitrogen and oxygen atoms in total. The van der Waals surface area contributed by atoms with Gasteiger partial charge in [0.15, 0.2) is 5.75 Å². The number of ether oxygens (including phenoxy) is 1. The summed E-state index contributed by atoms with van der Waals surface area (Å²) >= 11 is 11.1. The average molecular weight is 238 g/mol. The molecular formula is C8H3Cl2F2NO. The van der Waals surface area contributed by atoms with E-state index in [2.05, 4.69) is 4.74 Å². The van der Waals surface area contributed by atoms with E-state index in [1.54, 1.807) is 6.07 Å². The van der Waals surface area contributed by atoms with E-state index in [1.165, 1.54) is 12.1 Å². The Labute approximate surface area is 88.6 Å². The highest BCUT2D eigenvalue weighted by Crippen LogP contribution is 2.36. The van der Waals surface area contributed by atoms with Crippen LogP contribution in [0.3, 0.4) is 0 Å². The second kappa shape index (κ2) is 4.45. The molecule has 0 saturated carbocycles. The first-order valence-corrected chi connectivity index (χ1v) is 4.14. The molecule has 0 unspecified atom stereocenters. The van der Waals surface area contributed by atoms with E-state index in [9.17, 15) is 8.78 Å². The summed E-state index contributed by atoms with van der Waals surface area (Å²) in [7, 11) is 0. The summed E-state index contributed by atoms with van der Waals surface area (Å²) in [4.78, 5) is 0. The molecule has 1 aromatic carbocycles. The molecule has 0 aliphatic rings. The molecule has 0 bridgehead atoms. The van der Waals surface area contributed by atoms with Crippen LogP contribution in [0, 0.1) is 11.3 Å². The first-order chi connectivity index (χ1) is 6.56. The Bertz CT molecular complexity index is 390. The quantitative estimate of drug-likeness (QED) is 0.790. The van der Waals surface area contributed by atoms with E-state index in [4.69, 9.17) is 28.5 Å². The molecule has 1 rings (SSSR count). The lowest BCUT2D eigenvalue weighted by molar-refractivity contribution is -0.0497. The third-order valence-electron chi connectivity index (χ3n) is 1.38. The summed E-state index contributed by atoms with van der Waals surface area (Å²) in [6.07, 6.45) is 0. The second-order valence-corrected chi connectivity index (χ2v) is 3.01. The van der Waals surface area contributed by atoms with E-state index >= 15 is 0 Å². The Morgan fingerprint density at radius 2 is 2.00 bits per heavy atom. The van der Waals surface area contributed by atoms with Gasteiger partial charge in [0.25, 0.3) is 0 Å². The van der Waals surface area contributed by atoms with Gasteiger partial charge in [0, 0.05) is 0 Å². The molecule has 0 spiro atoms. The van der Waals surface area contributed by atoms with Gasteiger partial charge in [-0.25, -0.2) is 0 Å². The summed E-state index contributed by atoms with van der Waals surface area (Å²) in [5, 5.41) is 8.28. The van der Waals surface area contributed by atoms with Crippen LogP contribution in [0.25, 0.3) is 0 Å². The van der Waals surface area contributed by atoms with E-state index in [0.29, 0.717) is 0 Å². The summed E-state index contributed by atoms with van der Waals surface area (Å²) < 4.78 is 27.9. The van der Waals surface area contributed by atoms with Gasteiger partial charge in [0.2, 0.25) is 0 Å². The Morgan fingerprint density at radius 1 is 1.36 bits per heavy atom. The average Bonchev–Trinajstić information content (AvgIpc) is 2.12. The lowest BCUT2D eigenvalue weighted by Gasteiger charge is -2.08. The predicted molar refractivity (Wildman–Crippen MR) is 47.8 cm³/mol. The van der Waals surface area contributed by atoms with Crippen molar-refractivity contribution in [2.45, 2.75) is 6.61 Å². The number of nitrogens with zero attached hydrogens (tertiary/aromatic N) is 1. The monoisotopic (exact) mass is 237 g/mol. The minimum atomic E-state index is -3.03. The van der Waals surface area contributed by atoms with Crippen LogP contribution in [0.4, 0.5) is 8.78 Å².